The molecular weight excluding hydrogens is 354 g/mol. The Labute approximate surface area is 164 Å². The Bertz CT molecular complexity index is 834. The van der Waals surface area contributed by atoms with Crippen LogP contribution in [-0.4, -0.2) is 29.4 Å². The largest absolute Gasteiger partial charge is 0.472 e. The Kier molecular flexibility index (Phi) is 5.55. The molecule has 6 nitrogen and oxygen atoms in total. The van der Waals surface area contributed by atoms with Gasteiger partial charge in [-0.3, -0.25) is 14.5 Å². The summed E-state index contributed by atoms with van der Waals surface area (Å²) in [5, 5.41) is 3.10. The number of pyridine rings is 1. The molecule has 0 saturated heterocycles. The van der Waals surface area contributed by atoms with Crippen molar-refractivity contribution in [2.45, 2.75) is 50.7 Å². The molecule has 1 aliphatic heterocycles. The fraction of sp³-hybridized carbons (Fsp3) is 0.409. The van der Waals surface area contributed by atoms with E-state index in [0.717, 1.165) is 18.4 Å². The Hall–Kier alpha value is -2.89. The van der Waals surface area contributed by atoms with Crippen LogP contribution in [0.1, 0.15) is 50.2 Å². The van der Waals surface area contributed by atoms with Gasteiger partial charge in [-0.05, 0) is 31.4 Å². The molecule has 6 heteroatoms. The Morgan fingerprint density at radius 2 is 1.93 bits per heavy atom. The van der Waals surface area contributed by atoms with Crippen LogP contribution in [0.15, 0.2) is 48.7 Å². The molecule has 2 aliphatic rings. The molecule has 2 amide bonds. The molecule has 1 fully saturated rings. The lowest BCUT2D eigenvalue weighted by molar-refractivity contribution is -0.127. The van der Waals surface area contributed by atoms with Gasteiger partial charge in [0, 0.05) is 30.8 Å². The van der Waals surface area contributed by atoms with Crippen molar-refractivity contribution in [3.05, 3.63) is 54.2 Å². The third kappa shape index (κ3) is 4.01. The fourth-order valence-electron chi connectivity index (χ4n) is 3.92. The summed E-state index contributed by atoms with van der Waals surface area (Å²) in [7, 11) is 0. The number of carbonyl (C=O) groups is 2. The fourth-order valence-corrected chi connectivity index (χ4v) is 3.92. The maximum Gasteiger partial charge on any atom is 0.274 e. The Balaban J connectivity index is 1.44. The van der Waals surface area contributed by atoms with Crippen LogP contribution in [0.5, 0.6) is 5.75 Å². The molecule has 28 heavy (non-hydrogen) atoms. The van der Waals surface area contributed by atoms with Crippen LogP contribution < -0.4 is 15.0 Å². The first-order valence-corrected chi connectivity index (χ1v) is 10.00. The van der Waals surface area contributed by atoms with E-state index in [1.54, 1.807) is 17.2 Å². The summed E-state index contributed by atoms with van der Waals surface area (Å²) in [5.41, 5.74) is 0.811. The minimum absolute atomic E-state index is 0.0634. The molecule has 2 heterocycles. The molecule has 1 aromatic carbocycles. The highest BCUT2D eigenvalue weighted by Crippen LogP contribution is 2.37. The van der Waals surface area contributed by atoms with Crippen LogP contribution >= 0.6 is 0 Å². The predicted molar refractivity (Wildman–Crippen MR) is 106 cm³/mol. The number of hydrogen-bond acceptors (Lipinski definition) is 4. The lowest BCUT2D eigenvalue weighted by Crippen LogP contribution is -2.42. The number of ether oxygens (including phenoxy) is 1. The van der Waals surface area contributed by atoms with Gasteiger partial charge in [-0.15, -0.1) is 0 Å². The molecule has 0 unspecified atom stereocenters. The normalized spacial score (nSPS) is 19.2. The molecular formula is C22H25N3O3. The van der Waals surface area contributed by atoms with Crippen molar-refractivity contribution in [3.8, 4) is 5.75 Å². The average molecular weight is 379 g/mol. The van der Waals surface area contributed by atoms with Crippen molar-refractivity contribution < 1.29 is 14.3 Å². The second kappa shape index (κ2) is 8.42. The van der Waals surface area contributed by atoms with Crippen molar-refractivity contribution in [2.24, 2.45) is 0 Å². The first kappa shape index (κ1) is 18.5. The van der Waals surface area contributed by atoms with Gasteiger partial charge in [0.05, 0.1) is 0 Å². The first-order chi connectivity index (χ1) is 13.7. The number of nitrogens with one attached hydrogen (secondary N) is 1. The van der Waals surface area contributed by atoms with Crippen molar-refractivity contribution >= 4 is 17.6 Å². The van der Waals surface area contributed by atoms with Gasteiger partial charge in [-0.25, -0.2) is 4.98 Å². The van der Waals surface area contributed by atoms with E-state index in [1.807, 2.05) is 36.4 Å². The van der Waals surface area contributed by atoms with E-state index in [2.05, 4.69) is 10.3 Å². The molecule has 4 rings (SSSR count). The number of fused-ring (bicyclic) bond motifs is 1. The van der Waals surface area contributed by atoms with Gasteiger partial charge in [-0.2, -0.15) is 0 Å². The van der Waals surface area contributed by atoms with Gasteiger partial charge in [0.1, 0.15) is 0 Å². The van der Waals surface area contributed by atoms with Crippen LogP contribution in [0.2, 0.25) is 0 Å². The number of benzene rings is 1. The number of anilines is 1. The number of hydrogen-bond donors (Lipinski definition) is 1. The molecule has 0 radical (unpaired) electrons. The third-order valence-electron chi connectivity index (χ3n) is 5.35. The van der Waals surface area contributed by atoms with E-state index >= 15 is 0 Å². The third-order valence-corrected chi connectivity index (χ3v) is 5.35. The smallest absolute Gasteiger partial charge is 0.274 e. The maximum atomic E-state index is 13.1. The second-order valence-corrected chi connectivity index (χ2v) is 7.38. The summed E-state index contributed by atoms with van der Waals surface area (Å²) in [4.78, 5) is 31.3. The molecule has 0 spiro atoms. The Morgan fingerprint density at radius 1 is 1.14 bits per heavy atom. The van der Waals surface area contributed by atoms with Gasteiger partial charge in [0.2, 0.25) is 12.0 Å². The molecule has 1 aliphatic carbocycles. The quantitative estimate of drug-likeness (QED) is 0.835. The highest BCUT2D eigenvalue weighted by Gasteiger charge is 2.36. The zero-order chi connectivity index (χ0) is 19.3. The van der Waals surface area contributed by atoms with Crippen LogP contribution in [0.25, 0.3) is 0 Å². The number of rotatable bonds is 6. The van der Waals surface area contributed by atoms with Gasteiger partial charge in [-0.1, -0.05) is 43.2 Å². The zero-order valence-corrected chi connectivity index (χ0v) is 15.8. The first-order valence-electron chi connectivity index (χ1n) is 10.00. The van der Waals surface area contributed by atoms with Crippen molar-refractivity contribution in [3.63, 3.8) is 0 Å². The number of amides is 2. The van der Waals surface area contributed by atoms with Gasteiger partial charge >= 0.3 is 0 Å². The van der Waals surface area contributed by atoms with Gasteiger partial charge < -0.3 is 10.1 Å². The van der Waals surface area contributed by atoms with E-state index in [-0.39, 0.29) is 11.8 Å². The SMILES string of the molecule is O=C(CCCN1C(=O)[C@H](c2ccccc2)Oc2cccnc21)NC1CCCC1. The topological polar surface area (TPSA) is 71.5 Å². The van der Waals surface area contributed by atoms with E-state index in [9.17, 15) is 9.59 Å². The number of nitrogens with zero attached hydrogens (tertiary/aromatic N) is 2. The van der Waals surface area contributed by atoms with Gasteiger partial charge in [0.25, 0.3) is 5.91 Å². The predicted octanol–water partition coefficient (Wildman–Crippen LogP) is 3.39. The maximum absolute atomic E-state index is 13.1. The highest BCUT2D eigenvalue weighted by atomic mass is 16.5. The lowest BCUT2D eigenvalue weighted by Gasteiger charge is -2.33. The van der Waals surface area contributed by atoms with E-state index in [4.69, 9.17) is 4.74 Å². The zero-order valence-electron chi connectivity index (χ0n) is 15.8. The summed E-state index contributed by atoms with van der Waals surface area (Å²) in [6.07, 6.45) is 6.48. The molecule has 0 bridgehead atoms. The standard InChI is InChI=1S/C22H25N3O3/c26-19(24-17-10-4-5-11-17)13-7-15-25-21-18(12-6-14-23-21)28-20(22(25)27)16-8-2-1-3-9-16/h1-3,6,8-9,12,14,17,20H,4-5,7,10-11,13,15H2,(H,24,26)/t20-/m0/s1. The molecule has 1 aromatic heterocycles. The molecule has 146 valence electrons. The summed E-state index contributed by atoms with van der Waals surface area (Å²) in [5.74, 6) is 1.03. The summed E-state index contributed by atoms with van der Waals surface area (Å²) < 4.78 is 5.94. The average Bonchev–Trinajstić information content (AvgIpc) is 3.23. The van der Waals surface area contributed by atoms with Crippen LogP contribution in [-0.2, 0) is 9.59 Å². The summed E-state index contributed by atoms with van der Waals surface area (Å²) in [6, 6.07) is 13.4. The minimum Gasteiger partial charge on any atom is -0.472 e. The molecule has 2 aromatic rings. The molecule has 1 N–H and O–H groups in total. The van der Waals surface area contributed by atoms with Crippen molar-refractivity contribution in [1.29, 1.82) is 0 Å². The second-order valence-electron chi connectivity index (χ2n) is 7.38. The minimum atomic E-state index is -0.690. The number of carbonyl (C=O) groups excluding carboxylic acids is 2. The molecule has 1 atom stereocenters. The highest BCUT2D eigenvalue weighted by molar-refractivity contribution is 5.99. The monoisotopic (exact) mass is 379 g/mol. The van der Waals surface area contributed by atoms with Crippen molar-refractivity contribution in [2.75, 3.05) is 11.4 Å². The molecule has 1 saturated carbocycles. The van der Waals surface area contributed by atoms with Crippen LogP contribution in [0.3, 0.4) is 0 Å². The summed E-state index contributed by atoms with van der Waals surface area (Å²) >= 11 is 0. The number of aromatic nitrogens is 1. The van der Waals surface area contributed by atoms with Gasteiger partial charge in [0.15, 0.2) is 11.6 Å². The van der Waals surface area contributed by atoms with Crippen LogP contribution in [0, 0.1) is 0 Å². The Morgan fingerprint density at radius 3 is 2.71 bits per heavy atom. The van der Waals surface area contributed by atoms with E-state index in [1.165, 1.54) is 12.8 Å². The van der Waals surface area contributed by atoms with E-state index < -0.39 is 6.10 Å². The van der Waals surface area contributed by atoms with Crippen LogP contribution in [0.4, 0.5) is 5.82 Å². The summed E-state index contributed by atoms with van der Waals surface area (Å²) in [6.45, 7) is 0.438. The van der Waals surface area contributed by atoms with E-state index in [0.29, 0.717) is 37.0 Å². The lowest BCUT2D eigenvalue weighted by atomic mass is 10.1. The van der Waals surface area contributed by atoms with Crippen molar-refractivity contribution in [1.82, 2.24) is 10.3 Å².